The predicted octanol–water partition coefficient (Wildman–Crippen LogP) is 2.36. The number of piperidine rings is 1. The van der Waals surface area contributed by atoms with Crippen LogP contribution >= 0.6 is 0 Å². The molecule has 0 unspecified atom stereocenters. The number of hydrogen-bond donors (Lipinski definition) is 0. The van der Waals surface area contributed by atoms with Gasteiger partial charge in [0.2, 0.25) is 10.0 Å². The van der Waals surface area contributed by atoms with Crippen molar-refractivity contribution in [2.24, 2.45) is 5.92 Å². The first kappa shape index (κ1) is 19.3. The van der Waals surface area contributed by atoms with E-state index < -0.39 is 10.0 Å². The molecule has 0 saturated carbocycles. The van der Waals surface area contributed by atoms with E-state index in [2.05, 4.69) is 6.92 Å². The number of rotatable bonds is 3. The van der Waals surface area contributed by atoms with E-state index in [1.54, 1.807) is 24.3 Å². The number of morpholine rings is 1. The molecule has 1 aromatic rings. The Hall–Kier alpha value is -1.44. The monoisotopic (exact) mass is 380 g/mol. The fraction of sp³-hybridized carbons (Fsp3) is 0.632. The molecular formula is C19H28N2O4S. The number of hydrogen-bond acceptors (Lipinski definition) is 4. The van der Waals surface area contributed by atoms with Crippen molar-refractivity contribution in [1.82, 2.24) is 9.21 Å². The molecule has 1 amide bonds. The van der Waals surface area contributed by atoms with Crippen molar-refractivity contribution in [3.05, 3.63) is 29.8 Å². The minimum Gasteiger partial charge on any atom is -0.373 e. The zero-order chi connectivity index (χ0) is 18.9. The number of carbonyl (C=O) groups is 1. The molecule has 2 fully saturated rings. The Labute approximate surface area is 156 Å². The largest absolute Gasteiger partial charge is 0.373 e. The molecule has 2 heterocycles. The highest BCUT2D eigenvalue weighted by Crippen LogP contribution is 2.23. The molecule has 1 aromatic carbocycles. The second kappa shape index (κ2) is 7.66. The molecule has 2 aliphatic rings. The van der Waals surface area contributed by atoms with Crippen LogP contribution in [0.1, 0.15) is 44.0 Å². The average molecular weight is 381 g/mol. The summed E-state index contributed by atoms with van der Waals surface area (Å²) in [6, 6.07) is 6.34. The van der Waals surface area contributed by atoms with Gasteiger partial charge in [-0.1, -0.05) is 6.92 Å². The molecule has 0 aliphatic carbocycles. The quantitative estimate of drug-likeness (QED) is 0.807. The van der Waals surface area contributed by atoms with Crippen LogP contribution in [-0.2, 0) is 14.8 Å². The van der Waals surface area contributed by atoms with Crippen molar-refractivity contribution in [3.63, 3.8) is 0 Å². The van der Waals surface area contributed by atoms with E-state index in [9.17, 15) is 13.2 Å². The Kier molecular flexibility index (Phi) is 5.69. The minimum atomic E-state index is -3.58. The van der Waals surface area contributed by atoms with Crippen LogP contribution in [0.15, 0.2) is 29.2 Å². The maximum absolute atomic E-state index is 12.9. The highest BCUT2D eigenvalue weighted by molar-refractivity contribution is 7.89. The number of sulfonamides is 1. The highest BCUT2D eigenvalue weighted by atomic mass is 32.2. The predicted molar refractivity (Wildman–Crippen MR) is 99.5 cm³/mol. The Morgan fingerprint density at radius 3 is 2.23 bits per heavy atom. The second-order valence-electron chi connectivity index (χ2n) is 7.60. The van der Waals surface area contributed by atoms with E-state index in [0.717, 1.165) is 25.9 Å². The molecule has 3 atom stereocenters. The molecule has 0 N–H and O–H groups in total. The molecule has 26 heavy (non-hydrogen) atoms. The summed E-state index contributed by atoms with van der Waals surface area (Å²) in [5, 5.41) is 0. The second-order valence-corrected chi connectivity index (χ2v) is 9.54. The molecule has 3 rings (SSSR count). The van der Waals surface area contributed by atoms with Crippen molar-refractivity contribution in [1.29, 1.82) is 0 Å². The maximum atomic E-state index is 12.9. The number of amides is 1. The minimum absolute atomic E-state index is 0.0193. The molecule has 0 aromatic heterocycles. The van der Waals surface area contributed by atoms with Crippen molar-refractivity contribution < 1.29 is 17.9 Å². The molecule has 0 spiro atoms. The van der Waals surface area contributed by atoms with Gasteiger partial charge >= 0.3 is 0 Å². The Morgan fingerprint density at radius 1 is 1.04 bits per heavy atom. The van der Waals surface area contributed by atoms with Gasteiger partial charge in [0.1, 0.15) is 0 Å². The van der Waals surface area contributed by atoms with Gasteiger partial charge < -0.3 is 9.64 Å². The van der Waals surface area contributed by atoms with Gasteiger partial charge in [0, 0.05) is 31.7 Å². The fourth-order valence-electron chi connectivity index (χ4n) is 3.80. The Balaban J connectivity index is 1.75. The third kappa shape index (κ3) is 4.10. The summed E-state index contributed by atoms with van der Waals surface area (Å²) in [6.07, 6.45) is 1.91. The average Bonchev–Trinajstić information content (AvgIpc) is 2.60. The first-order valence-electron chi connectivity index (χ1n) is 9.32. The summed E-state index contributed by atoms with van der Waals surface area (Å²) < 4.78 is 32.8. The summed E-state index contributed by atoms with van der Waals surface area (Å²) in [7, 11) is -3.58. The van der Waals surface area contributed by atoms with Crippen molar-refractivity contribution >= 4 is 15.9 Å². The van der Waals surface area contributed by atoms with Gasteiger partial charge in [-0.15, -0.1) is 0 Å². The van der Waals surface area contributed by atoms with E-state index in [-0.39, 0.29) is 23.0 Å². The number of benzene rings is 1. The van der Waals surface area contributed by atoms with E-state index in [0.29, 0.717) is 24.6 Å². The molecular weight excluding hydrogens is 352 g/mol. The summed E-state index contributed by atoms with van der Waals surface area (Å²) in [5.41, 5.74) is 0.543. The molecule has 6 nitrogen and oxygen atoms in total. The van der Waals surface area contributed by atoms with Crippen LogP contribution in [0.5, 0.6) is 0 Å². The smallest absolute Gasteiger partial charge is 0.253 e. The first-order valence-corrected chi connectivity index (χ1v) is 10.8. The van der Waals surface area contributed by atoms with Crippen LogP contribution in [0.3, 0.4) is 0 Å². The summed E-state index contributed by atoms with van der Waals surface area (Å²) in [5.74, 6) is 0.492. The van der Waals surface area contributed by atoms with Gasteiger partial charge in [-0.3, -0.25) is 4.79 Å². The summed E-state index contributed by atoms with van der Waals surface area (Å²) in [6.45, 7) is 8.13. The molecule has 2 saturated heterocycles. The molecule has 2 aliphatic heterocycles. The number of nitrogens with zero attached hydrogens (tertiary/aromatic N) is 2. The Bertz CT molecular complexity index is 737. The van der Waals surface area contributed by atoms with Gasteiger partial charge in [0.25, 0.3) is 5.91 Å². The van der Waals surface area contributed by atoms with E-state index in [1.807, 2.05) is 18.7 Å². The van der Waals surface area contributed by atoms with E-state index >= 15 is 0 Å². The standard InChI is InChI=1S/C19H28N2O4S/c1-14-5-4-10-20(11-14)19(22)17-6-8-18(9-7-17)26(23,24)21-12-15(2)25-16(3)13-21/h6-9,14-16H,4-5,10-13H2,1-3H3/t14-,15-,16-/m1/s1. The fourth-order valence-corrected chi connectivity index (χ4v) is 5.39. The Morgan fingerprint density at radius 2 is 1.65 bits per heavy atom. The van der Waals surface area contributed by atoms with Gasteiger partial charge in [-0.2, -0.15) is 4.31 Å². The van der Waals surface area contributed by atoms with E-state index in [4.69, 9.17) is 4.74 Å². The lowest BCUT2D eigenvalue weighted by atomic mass is 9.99. The van der Waals surface area contributed by atoms with Gasteiger partial charge in [0.15, 0.2) is 0 Å². The third-order valence-electron chi connectivity index (χ3n) is 5.07. The lowest BCUT2D eigenvalue weighted by Crippen LogP contribution is -2.48. The van der Waals surface area contributed by atoms with Crippen LogP contribution < -0.4 is 0 Å². The lowest BCUT2D eigenvalue weighted by Gasteiger charge is -2.34. The molecule has 7 heteroatoms. The zero-order valence-corrected chi connectivity index (χ0v) is 16.5. The molecule has 0 bridgehead atoms. The topological polar surface area (TPSA) is 66.9 Å². The van der Waals surface area contributed by atoms with Gasteiger partial charge in [-0.05, 0) is 56.9 Å². The van der Waals surface area contributed by atoms with Crippen LogP contribution in [0.25, 0.3) is 0 Å². The molecule has 144 valence electrons. The number of ether oxygens (including phenoxy) is 1. The van der Waals surface area contributed by atoms with Crippen molar-refractivity contribution in [3.8, 4) is 0 Å². The summed E-state index contributed by atoms with van der Waals surface area (Å²) >= 11 is 0. The lowest BCUT2D eigenvalue weighted by molar-refractivity contribution is -0.0440. The van der Waals surface area contributed by atoms with Crippen molar-refractivity contribution in [2.75, 3.05) is 26.2 Å². The summed E-state index contributed by atoms with van der Waals surface area (Å²) in [4.78, 5) is 14.7. The van der Waals surface area contributed by atoms with Crippen LogP contribution in [-0.4, -0.2) is 61.9 Å². The highest BCUT2D eigenvalue weighted by Gasteiger charge is 2.32. The van der Waals surface area contributed by atoms with Crippen LogP contribution in [0.2, 0.25) is 0 Å². The maximum Gasteiger partial charge on any atom is 0.253 e. The first-order chi connectivity index (χ1) is 12.3. The van der Waals surface area contributed by atoms with Gasteiger partial charge in [-0.25, -0.2) is 8.42 Å². The van der Waals surface area contributed by atoms with Crippen LogP contribution in [0.4, 0.5) is 0 Å². The SMILES string of the molecule is C[C@@H]1CCCN(C(=O)c2ccc(S(=O)(=O)N3C[C@@H](C)O[C@H](C)C3)cc2)C1. The van der Waals surface area contributed by atoms with Gasteiger partial charge in [0.05, 0.1) is 17.1 Å². The van der Waals surface area contributed by atoms with Crippen LogP contribution in [0, 0.1) is 5.92 Å². The normalized spacial score (nSPS) is 28.1. The third-order valence-corrected chi connectivity index (χ3v) is 6.92. The molecule has 0 radical (unpaired) electrons. The van der Waals surface area contributed by atoms with Crippen molar-refractivity contribution in [2.45, 2.75) is 50.7 Å². The number of carbonyl (C=O) groups excluding carboxylic acids is 1. The number of likely N-dealkylation sites (tertiary alicyclic amines) is 1. The van der Waals surface area contributed by atoms with E-state index in [1.165, 1.54) is 4.31 Å². The zero-order valence-electron chi connectivity index (χ0n) is 15.7.